The number of hydrogen-bond donors (Lipinski definition) is 0. The summed E-state index contributed by atoms with van der Waals surface area (Å²) in [4.78, 5) is 2.21. The average Bonchev–Trinajstić information content (AvgIpc) is 2.90. The van der Waals surface area contributed by atoms with Gasteiger partial charge < -0.3 is 0 Å². The van der Waals surface area contributed by atoms with Crippen LogP contribution >= 0.6 is 11.8 Å². The maximum atomic E-state index is 13.7. The Labute approximate surface area is 206 Å². The predicted octanol–water partition coefficient (Wildman–Crippen LogP) is 9.76. The molecule has 0 aliphatic heterocycles. The second-order valence-electron chi connectivity index (χ2n) is 8.44. The topological polar surface area (TPSA) is 0 Å². The van der Waals surface area contributed by atoms with Gasteiger partial charge in [0.15, 0.2) is 0 Å². The molecule has 0 saturated carbocycles. The summed E-state index contributed by atoms with van der Waals surface area (Å²) in [6.45, 7) is 0. The molecule has 0 aliphatic carbocycles. The third kappa shape index (κ3) is 4.09. The van der Waals surface area contributed by atoms with Crippen LogP contribution in [0.2, 0.25) is 0 Å². The second kappa shape index (κ2) is 9.01. The van der Waals surface area contributed by atoms with Crippen molar-refractivity contribution in [1.29, 1.82) is 0 Å². The van der Waals surface area contributed by atoms with Crippen LogP contribution < -0.4 is 0 Å². The van der Waals surface area contributed by atoms with Crippen LogP contribution in [0.5, 0.6) is 0 Å². The van der Waals surface area contributed by atoms with E-state index in [-0.39, 0.29) is 11.6 Å². The third-order valence-corrected chi connectivity index (χ3v) is 7.56. The van der Waals surface area contributed by atoms with Gasteiger partial charge in [0, 0.05) is 9.79 Å². The van der Waals surface area contributed by atoms with Gasteiger partial charge in [0.1, 0.15) is 11.6 Å². The first kappa shape index (κ1) is 21.6. The Morgan fingerprint density at radius 1 is 0.400 bits per heavy atom. The first-order valence-corrected chi connectivity index (χ1v) is 12.2. The zero-order chi connectivity index (χ0) is 23.8. The molecule has 0 N–H and O–H groups in total. The molecule has 3 heteroatoms. The normalized spacial score (nSPS) is 11.3. The fraction of sp³-hybridized carbons (Fsp3) is 0. The van der Waals surface area contributed by atoms with Crippen molar-refractivity contribution < 1.29 is 8.78 Å². The van der Waals surface area contributed by atoms with Crippen LogP contribution in [0.3, 0.4) is 0 Å². The van der Waals surface area contributed by atoms with Crippen molar-refractivity contribution in [3.63, 3.8) is 0 Å². The average molecular weight is 475 g/mol. The summed E-state index contributed by atoms with van der Waals surface area (Å²) in [6, 6.07) is 38.4. The number of hydrogen-bond acceptors (Lipinski definition) is 1. The lowest BCUT2D eigenvalue weighted by molar-refractivity contribution is 0.627. The Hall–Kier alpha value is -3.95. The number of fused-ring (bicyclic) bond motifs is 2. The Balaban J connectivity index is 1.63. The molecule has 0 unspecified atom stereocenters. The van der Waals surface area contributed by atoms with Gasteiger partial charge in [-0.1, -0.05) is 109 Å². The van der Waals surface area contributed by atoms with Crippen molar-refractivity contribution in [3.8, 4) is 22.3 Å². The summed E-state index contributed by atoms with van der Waals surface area (Å²) in [5, 5.41) is 4.56. The molecule has 0 bridgehead atoms. The molecular weight excluding hydrogens is 454 g/mol. The number of benzene rings is 6. The highest BCUT2D eigenvalue weighted by Crippen LogP contribution is 2.46. The molecule has 0 spiro atoms. The van der Waals surface area contributed by atoms with E-state index in [1.807, 2.05) is 48.5 Å². The molecule has 0 aliphatic rings. The molecule has 0 heterocycles. The van der Waals surface area contributed by atoms with E-state index in [2.05, 4.69) is 48.5 Å². The van der Waals surface area contributed by atoms with Gasteiger partial charge in [-0.25, -0.2) is 8.78 Å². The van der Waals surface area contributed by atoms with E-state index >= 15 is 0 Å². The fourth-order valence-corrected chi connectivity index (χ4v) is 5.91. The summed E-state index contributed by atoms with van der Waals surface area (Å²) in [6.07, 6.45) is 0. The van der Waals surface area contributed by atoms with E-state index in [4.69, 9.17) is 0 Å². The lowest BCUT2D eigenvalue weighted by atomic mass is 10.0. The summed E-state index contributed by atoms with van der Waals surface area (Å²) in [7, 11) is 0. The van der Waals surface area contributed by atoms with Gasteiger partial charge in [0.25, 0.3) is 0 Å². The zero-order valence-electron chi connectivity index (χ0n) is 18.7. The summed E-state index contributed by atoms with van der Waals surface area (Å²) in [5.41, 5.74) is 4.02. The van der Waals surface area contributed by atoms with Crippen molar-refractivity contribution in [2.45, 2.75) is 9.79 Å². The highest BCUT2D eigenvalue weighted by atomic mass is 32.2. The molecule has 0 fully saturated rings. The lowest BCUT2D eigenvalue weighted by Gasteiger charge is -2.18. The van der Waals surface area contributed by atoms with Crippen LogP contribution in [0.25, 0.3) is 43.8 Å². The first-order valence-electron chi connectivity index (χ1n) is 11.4. The fourth-order valence-electron chi connectivity index (χ4n) is 4.52. The minimum absolute atomic E-state index is 0.253. The van der Waals surface area contributed by atoms with Gasteiger partial charge in [-0.15, -0.1) is 0 Å². The first-order chi connectivity index (χ1) is 17.2. The van der Waals surface area contributed by atoms with Gasteiger partial charge in [-0.3, -0.25) is 0 Å². The minimum Gasteiger partial charge on any atom is -0.207 e. The quantitative estimate of drug-likeness (QED) is 0.245. The van der Waals surface area contributed by atoms with Crippen molar-refractivity contribution in [2.24, 2.45) is 0 Å². The van der Waals surface area contributed by atoms with E-state index in [1.165, 1.54) is 24.3 Å². The van der Waals surface area contributed by atoms with Gasteiger partial charge in [-0.2, -0.15) is 0 Å². The SMILES string of the molecule is Fc1ccc(-c2ccc3ccccc3c2Sc2c(-c3ccc(F)cc3)ccc3ccccc23)cc1. The van der Waals surface area contributed by atoms with E-state index < -0.39 is 0 Å². The van der Waals surface area contributed by atoms with Crippen LogP contribution in [-0.4, -0.2) is 0 Å². The Morgan fingerprint density at radius 2 is 0.800 bits per heavy atom. The largest absolute Gasteiger partial charge is 0.207 e. The van der Waals surface area contributed by atoms with Crippen LogP contribution in [0.15, 0.2) is 131 Å². The Kier molecular flexibility index (Phi) is 5.55. The van der Waals surface area contributed by atoms with Crippen LogP contribution in [0, 0.1) is 11.6 Å². The van der Waals surface area contributed by atoms with Gasteiger partial charge in [0.2, 0.25) is 0 Å². The molecule has 0 amide bonds. The van der Waals surface area contributed by atoms with E-state index in [0.717, 1.165) is 53.6 Å². The van der Waals surface area contributed by atoms with E-state index in [0.29, 0.717) is 0 Å². The van der Waals surface area contributed by atoms with Crippen molar-refractivity contribution in [2.75, 3.05) is 0 Å². The van der Waals surface area contributed by atoms with Crippen LogP contribution in [-0.2, 0) is 0 Å². The van der Waals surface area contributed by atoms with Crippen molar-refractivity contribution in [3.05, 3.63) is 133 Å². The van der Waals surface area contributed by atoms with Gasteiger partial charge in [0.05, 0.1) is 0 Å². The van der Waals surface area contributed by atoms with Crippen molar-refractivity contribution in [1.82, 2.24) is 0 Å². The zero-order valence-corrected chi connectivity index (χ0v) is 19.5. The highest BCUT2D eigenvalue weighted by Gasteiger charge is 2.17. The molecule has 6 aromatic carbocycles. The molecule has 0 nitrogen and oxygen atoms in total. The maximum absolute atomic E-state index is 13.7. The summed E-state index contributed by atoms with van der Waals surface area (Å²) >= 11 is 1.71. The molecular formula is C32H20F2S. The molecule has 0 atom stereocenters. The summed E-state index contributed by atoms with van der Waals surface area (Å²) in [5.74, 6) is -0.507. The molecule has 0 aromatic heterocycles. The minimum atomic E-state index is -0.253. The standard InChI is InChI=1S/C32H20F2S/c33-25-15-9-23(10-16-25)29-19-13-21-5-1-3-7-27(21)31(29)35-32-28-8-4-2-6-22(28)14-20-30(32)24-11-17-26(34)18-12-24/h1-20H. The van der Waals surface area contributed by atoms with Gasteiger partial charge in [-0.05, 0) is 68.1 Å². The maximum Gasteiger partial charge on any atom is 0.123 e. The second-order valence-corrected chi connectivity index (χ2v) is 9.46. The summed E-state index contributed by atoms with van der Waals surface area (Å²) < 4.78 is 27.4. The number of rotatable bonds is 4. The Bertz CT molecular complexity index is 1540. The molecule has 6 aromatic rings. The molecule has 168 valence electrons. The monoisotopic (exact) mass is 474 g/mol. The van der Waals surface area contributed by atoms with Crippen LogP contribution in [0.1, 0.15) is 0 Å². The van der Waals surface area contributed by atoms with E-state index in [1.54, 1.807) is 11.8 Å². The lowest BCUT2D eigenvalue weighted by Crippen LogP contribution is -1.90. The van der Waals surface area contributed by atoms with Gasteiger partial charge >= 0.3 is 0 Å². The molecule has 6 rings (SSSR count). The highest BCUT2D eigenvalue weighted by molar-refractivity contribution is 8.00. The number of halogens is 2. The van der Waals surface area contributed by atoms with Crippen LogP contribution in [0.4, 0.5) is 8.78 Å². The molecule has 35 heavy (non-hydrogen) atoms. The van der Waals surface area contributed by atoms with Crippen molar-refractivity contribution >= 4 is 33.3 Å². The van der Waals surface area contributed by atoms with E-state index in [9.17, 15) is 8.78 Å². The molecule has 0 radical (unpaired) electrons. The predicted molar refractivity (Wildman–Crippen MR) is 143 cm³/mol. The third-order valence-electron chi connectivity index (χ3n) is 6.27. The Morgan fingerprint density at radius 3 is 1.23 bits per heavy atom. The smallest absolute Gasteiger partial charge is 0.123 e. The molecule has 0 saturated heterocycles.